The first-order valence-electron chi connectivity index (χ1n) is 4.87. The lowest BCUT2D eigenvalue weighted by Crippen LogP contribution is -2.17. The second-order valence-electron chi connectivity index (χ2n) is 3.46. The number of hydrogen-bond acceptors (Lipinski definition) is 2. The van der Waals surface area contributed by atoms with Gasteiger partial charge in [-0.1, -0.05) is 37.9 Å². The maximum absolute atomic E-state index is 12.0. The normalized spacial score (nSPS) is 11.4. The van der Waals surface area contributed by atoms with E-state index in [1.54, 1.807) is 0 Å². The molecule has 7 heteroatoms. The fourth-order valence-corrected chi connectivity index (χ4v) is 2.08. The Hall–Kier alpha value is -0.560. The number of halogens is 5. The van der Waals surface area contributed by atoms with Gasteiger partial charge in [0.25, 0.3) is 0 Å². The molecule has 0 amide bonds. The van der Waals surface area contributed by atoms with E-state index in [9.17, 15) is 18.0 Å². The largest absolute Gasteiger partial charge is 0.573 e. The van der Waals surface area contributed by atoms with Crippen LogP contribution in [0.1, 0.15) is 11.1 Å². The first kappa shape index (κ1) is 15.5. The van der Waals surface area contributed by atoms with E-state index in [-0.39, 0.29) is 23.3 Å². The lowest BCUT2D eigenvalue weighted by molar-refractivity contribution is -0.274. The third kappa shape index (κ3) is 4.97. The number of hydrogen-bond donors (Lipinski definition) is 0. The van der Waals surface area contributed by atoms with Crippen LogP contribution >= 0.6 is 31.9 Å². The number of alkyl halides is 5. The Bertz CT molecular complexity index is 433. The van der Waals surface area contributed by atoms with Crippen molar-refractivity contribution in [3.05, 3.63) is 29.3 Å². The molecular formula is C11H9Br2F3O2. The summed E-state index contributed by atoms with van der Waals surface area (Å²) in [4.78, 5) is 11.3. The molecule has 0 radical (unpaired) electrons. The van der Waals surface area contributed by atoms with Crippen LogP contribution in [0.5, 0.6) is 5.75 Å². The second-order valence-corrected chi connectivity index (χ2v) is 4.58. The minimum Gasteiger partial charge on any atom is -0.406 e. The number of carbonyl (C=O) groups excluding carboxylic acids is 1. The average molecular weight is 390 g/mol. The van der Waals surface area contributed by atoms with Crippen molar-refractivity contribution in [2.24, 2.45) is 0 Å². The lowest BCUT2D eigenvalue weighted by atomic mass is 10.0. The molecule has 0 atom stereocenters. The highest BCUT2D eigenvalue weighted by Gasteiger charge is 2.31. The summed E-state index contributed by atoms with van der Waals surface area (Å²) in [5.41, 5.74) is 1.29. The van der Waals surface area contributed by atoms with Gasteiger partial charge in [-0.2, -0.15) is 0 Å². The van der Waals surface area contributed by atoms with Gasteiger partial charge in [-0.05, 0) is 23.3 Å². The molecule has 2 nitrogen and oxygen atoms in total. The van der Waals surface area contributed by atoms with Crippen LogP contribution in [0.4, 0.5) is 13.2 Å². The lowest BCUT2D eigenvalue weighted by Gasteiger charge is -2.12. The van der Waals surface area contributed by atoms with Crippen LogP contribution in [0.2, 0.25) is 0 Å². The summed E-state index contributed by atoms with van der Waals surface area (Å²) in [5, 5.41) is 0.572. The number of ketones is 1. The quantitative estimate of drug-likeness (QED) is 0.712. The Morgan fingerprint density at radius 1 is 1.22 bits per heavy atom. The van der Waals surface area contributed by atoms with E-state index < -0.39 is 6.36 Å². The Morgan fingerprint density at radius 2 is 1.89 bits per heavy atom. The SMILES string of the molecule is O=C(CBr)Cc1ccc(OC(F)(F)F)cc1CBr. The number of ether oxygens (including phenoxy) is 1. The first-order chi connectivity index (χ1) is 8.35. The molecule has 0 saturated heterocycles. The van der Waals surface area contributed by atoms with Crippen molar-refractivity contribution in [3.8, 4) is 5.75 Å². The van der Waals surface area contributed by atoms with Crippen LogP contribution in [0.3, 0.4) is 0 Å². The third-order valence-corrected chi connectivity index (χ3v) is 3.32. The zero-order chi connectivity index (χ0) is 13.8. The fourth-order valence-electron chi connectivity index (χ4n) is 1.36. The molecule has 0 heterocycles. The van der Waals surface area contributed by atoms with E-state index in [1.165, 1.54) is 18.2 Å². The van der Waals surface area contributed by atoms with Crippen molar-refractivity contribution < 1.29 is 22.7 Å². The summed E-state index contributed by atoms with van der Waals surface area (Å²) in [6.45, 7) is 0. The zero-order valence-corrected chi connectivity index (χ0v) is 12.2. The van der Waals surface area contributed by atoms with Gasteiger partial charge in [-0.3, -0.25) is 4.79 Å². The zero-order valence-electron chi connectivity index (χ0n) is 9.06. The maximum Gasteiger partial charge on any atom is 0.573 e. The summed E-state index contributed by atoms with van der Waals surface area (Å²) >= 11 is 6.21. The molecule has 0 spiro atoms. The van der Waals surface area contributed by atoms with E-state index in [4.69, 9.17) is 0 Å². The molecule has 0 aliphatic rings. The molecule has 100 valence electrons. The van der Waals surface area contributed by atoms with Crippen molar-refractivity contribution >= 4 is 37.6 Å². The molecule has 1 aromatic rings. The molecule has 0 saturated carbocycles. The van der Waals surface area contributed by atoms with Gasteiger partial charge in [0.2, 0.25) is 0 Å². The molecule has 0 fully saturated rings. The van der Waals surface area contributed by atoms with Gasteiger partial charge < -0.3 is 4.74 Å². The predicted octanol–water partition coefficient (Wildman–Crippen LogP) is 3.99. The molecule has 1 rings (SSSR count). The van der Waals surface area contributed by atoms with Gasteiger partial charge in [0.05, 0.1) is 5.33 Å². The molecule has 0 unspecified atom stereocenters. The van der Waals surface area contributed by atoms with Gasteiger partial charge in [0, 0.05) is 11.8 Å². The van der Waals surface area contributed by atoms with Gasteiger partial charge in [-0.25, -0.2) is 0 Å². The molecule has 0 N–H and O–H groups in total. The van der Waals surface area contributed by atoms with E-state index in [0.29, 0.717) is 16.5 Å². The van der Waals surface area contributed by atoms with Crippen LogP contribution < -0.4 is 4.74 Å². The van der Waals surface area contributed by atoms with Crippen LogP contribution in [-0.2, 0) is 16.5 Å². The van der Waals surface area contributed by atoms with Crippen molar-refractivity contribution in [2.75, 3.05) is 5.33 Å². The Morgan fingerprint density at radius 3 is 2.39 bits per heavy atom. The minimum absolute atomic E-state index is 0.0401. The number of rotatable bonds is 5. The fraction of sp³-hybridized carbons (Fsp3) is 0.364. The Kier molecular flexibility index (Phi) is 5.65. The molecule has 0 bridgehead atoms. The molecular weight excluding hydrogens is 381 g/mol. The highest BCUT2D eigenvalue weighted by atomic mass is 79.9. The van der Waals surface area contributed by atoms with Crippen LogP contribution in [0, 0.1) is 0 Å². The molecule has 0 aromatic heterocycles. The Balaban J connectivity index is 2.93. The summed E-state index contributed by atoms with van der Waals surface area (Å²) in [6, 6.07) is 3.95. The van der Waals surface area contributed by atoms with Crippen LogP contribution in [-0.4, -0.2) is 17.5 Å². The Labute approximate surface area is 119 Å². The number of Topliss-reactive ketones (excluding diaryl/α,β-unsaturated/α-hetero) is 1. The molecule has 1 aromatic carbocycles. The first-order valence-corrected chi connectivity index (χ1v) is 7.11. The standard InChI is InChI=1S/C11H9Br2F3O2/c12-5-8-4-10(18-11(14,15)16)2-1-7(8)3-9(17)6-13/h1-2,4H,3,5-6H2. The van der Waals surface area contributed by atoms with Gasteiger partial charge in [0.1, 0.15) is 11.5 Å². The smallest absolute Gasteiger partial charge is 0.406 e. The van der Waals surface area contributed by atoms with Gasteiger partial charge in [0.15, 0.2) is 0 Å². The number of carbonyl (C=O) groups is 1. The van der Waals surface area contributed by atoms with Crippen LogP contribution in [0.15, 0.2) is 18.2 Å². The van der Waals surface area contributed by atoms with Gasteiger partial charge >= 0.3 is 6.36 Å². The molecule has 0 aliphatic carbocycles. The van der Waals surface area contributed by atoms with E-state index in [1.807, 2.05) is 0 Å². The monoisotopic (exact) mass is 388 g/mol. The second kappa shape index (κ2) is 6.56. The van der Waals surface area contributed by atoms with Crippen molar-refractivity contribution in [2.45, 2.75) is 18.1 Å². The van der Waals surface area contributed by atoms with E-state index in [0.717, 1.165) is 0 Å². The maximum atomic E-state index is 12.0. The van der Waals surface area contributed by atoms with E-state index >= 15 is 0 Å². The van der Waals surface area contributed by atoms with Crippen molar-refractivity contribution in [1.82, 2.24) is 0 Å². The topological polar surface area (TPSA) is 26.3 Å². The summed E-state index contributed by atoms with van der Waals surface area (Å²) in [5.74, 6) is -0.325. The third-order valence-electron chi connectivity index (χ3n) is 2.09. The highest BCUT2D eigenvalue weighted by Crippen LogP contribution is 2.26. The minimum atomic E-state index is -4.71. The summed E-state index contributed by atoms with van der Waals surface area (Å²) < 4.78 is 40.0. The molecule has 0 aliphatic heterocycles. The number of benzene rings is 1. The van der Waals surface area contributed by atoms with Crippen LogP contribution in [0.25, 0.3) is 0 Å². The molecule has 18 heavy (non-hydrogen) atoms. The van der Waals surface area contributed by atoms with Gasteiger partial charge in [-0.15, -0.1) is 13.2 Å². The average Bonchev–Trinajstić information content (AvgIpc) is 2.28. The summed E-state index contributed by atoms with van der Waals surface area (Å²) in [7, 11) is 0. The highest BCUT2D eigenvalue weighted by molar-refractivity contribution is 9.09. The van der Waals surface area contributed by atoms with Crippen molar-refractivity contribution in [3.63, 3.8) is 0 Å². The van der Waals surface area contributed by atoms with Crippen molar-refractivity contribution in [1.29, 1.82) is 0 Å². The van der Waals surface area contributed by atoms with E-state index in [2.05, 4.69) is 36.6 Å². The predicted molar refractivity (Wildman–Crippen MR) is 68.3 cm³/mol. The summed E-state index contributed by atoms with van der Waals surface area (Å²) in [6.07, 6.45) is -4.53.